The molecule has 3 N–H and O–H groups in total. The zero-order chi connectivity index (χ0) is 9.56. The van der Waals surface area contributed by atoms with Crippen molar-refractivity contribution in [2.45, 2.75) is 6.92 Å². The number of carbonyl (C=O) groups is 2. The van der Waals surface area contributed by atoms with E-state index in [9.17, 15) is 9.59 Å². The van der Waals surface area contributed by atoms with Crippen molar-refractivity contribution in [2.75, 3.05) is 13.2 Å². The largest absolute Gasteiger partial charge is 0.460 e. The predicted octanol–water partition coefficient (Wildman–Crippen LogP) is -1.05. The van der Waals surface area contributed by atoms with E-state index in [1.807, 2.05) is 0 Å². The molecule has 12 heavy (non-hydrogen) atoms. The lowest BCUT2D eigenvalue weighted by Gasteiger charge is -1.97. The molecule has 0 saturated carbocycles. The molecule has 0 rings (SSSR count). The summed E-state index contributed by atoms with van der Waals surface area (Å²) in [6.07, 6.45) is 0.845. The zero-order valence-electron chi connectivity index (χ0n) is 6.74. The van der Waals surface area contributed by atoms with Crippen molar-refractivity contribution in [2.24, 2.45) is 5.73 Å². The topological polar surface area (TPSA) is 89.6 Å². The molecule has 0 aliphatic heterocycles. The van der Waals surface area contributed by atoms with Gasteiger partial charge in [0.15, 0.2) is 0 Å². The fourth-order valence-corrected chi connectivity index (χ4v) is 0.475. The third-order valence-corrected chi connectivity index (χ3v) is 0.976. The highest BCUT2D eigenvalue weighted by Crippen LogP contribution is 1.87. The van der Waals surface area contributed by atoms with E-state index < -0.39 is 18.4 Å². The van der Waals surface area contributed by atoms with Gasteiger partial charge < -0.3 is 15.6 Å². The SMILES string of the molecule is CCOC(=O)C(=O)/C=C(/N)CO. The molecular formula is C7H11NO4. The first-order valence-electron chi connectivity index (χ1n) is 3.39. The molecule has 0 unspecified atom stereocenters. The van der Waals surface area contributed by atoms with Crippen LogP contribution in [0.2, 0.25) is 0 Å². The first-order chi connectivity index (χ1) is 5.61. The molecule has 0 radical (unpaired) electrons. The van der Waals surface area contributed by atoms with Crippen LogP contribution in [0.15, 0.2) is 11.8 Å². The van der Waals surface area contributed by atoms with Crippen molar-refractivity contribution in [1.82, 2.24) is 0 Å². The van der Waals surface area contributed by atoms with Crippen molar-refractivity contribution >= 4 is 11.8 Å². The number of aliphatic hydroxyl groups excluding tert-OH is 1. The van der Waals surface area contributed by atoms with E-state index in [0.717, 1.165) is 6.08 Å². The van der Waals surface area contributed by atoms with Crippen LogP contribution in [0.25, 0.3) is 0 Å². The Labute approximate surface area is 69.8 Å². The predicted molar refractivity (Wildman–Crippen MR) is 41.0 cm³/mol. The average Bonchev–Trinajstić information content (AvgIpc) is 2.04. The van der Waals surface area contributed by atoms with Gasteiger partial charge in [-0.2, -0.15) is 0 Å². The highest BCUT2D eigenvalue weighted by Gasteiger charge is 2.11. The summed E-state index contributed by atoms with van der Waals surface area (Å²) in [5, 5.41) is 8.40. The Balaban J connectivity index is 4.12. The lowest BCUT2D eigenvalue weighted by molar-refractivity contribution is -0.151. The van der Waals surface area contributed by atoms with Gasteiger partial charge in [0.05, 0.1) is 13.2 Å². The van der Waals surface area contributed by atoms with Crippen LogP contribution < -0.4 is 5.73 Å². The number of ether oxygens (including phenoxy) is 1. The Kier molecular flexibility index (Phi) is 4.71. The maximum absolute atomic E-state index is 10.8. The van der Waals surface area contributed by atoms with E-state index >= 15 is 0 Å². The van der Waals surface area contributed by atoms with Gasteiger partial charge in [0.25, 0.3) is 5.78 Å². The third-order valence-electron chi connectivity index (χ3n) is 0.976. The summed E-state index contributed by atoms with van der Waals surface area (Å²) in [7, 11) is 0. The number of nitrogens with two attached hydrogens (primary N) is 1. The monoisotopic (exact) mass is 173 g/mol. The van der Waals surface area contributed by atoms with Crippen LogP contribution in [-0.4, -0.2) is 30.1 Å². The van der Waals surface area contributed by atoms with Gasteiger partial charge in [0, 0.05) is 11.8 Å². The molecule has 0 fully saturated rings. The second-order valence-corrected chi connectivity index (χ2v) is 1.96. The van der Waals surface area contributed by atoms with Crippen LogP contribution in [0, 0.1) is 0 Å². The molecule has 0 aliphatic rings. The van der Waals surface area contributed by atoms with Gasteiger partial charge in [-0.3, -0.25) is 4.79 Å². The number of hydrogen-bond donors (Lipinski definition) is 2. The van der Waals surface area contributed by atoms with Gasteiger partial charge in [-0.15, -0.1) is 0 Å². The van der Waals surface area contributed by atoms with Gasteiger partial charge in [-0.1, -0.05) is 0 Å². The van der Waals surface area contributed by atoms with E-state index in [4.69, 9.17) is 10.8 Å². The standard InChI is InChI=1S/C7H11NO4/c1-2-12-7(11)6(10)3-5(8)4-9/h3,9H,2,4,8H2,1H3/b5-3+. The van der Waals surface area contributed by atoms with Crippen molar-refractivity contribution in [3.05, 3.63) is 11.8 Å². The average molecular weight is 173 g/mol. The molecule has 0 aliphatic carbocycles. The molecule has 0 aromatic rings. The number of hydrogen-bond acceptors (Lipinski definition) is 5. The molecular weight excluding hydrogens is 162 g/mol. The molecule has 0 atom stereocenters. The van der Waals surface area contributed by atoms with E-state index in [2.05, 4.69) is 4.74 Å². The summed E-state index contributed by atoms with van der Waals surface area (Å²) in [6.45, 7) is 1.27. The minimum atomic E-state index is -0.964. The molecule has 68 valence electrons. The maximum Gasteiger partial charge on any atom is 0.379 e. The summed E-state index contributed by atoms with van der Waals surface area (Å²) in [6, 6.07) is 0. The zero-order valence-corrected chi connectivity index (χ0v) is 6.74. The minimum Gasteiger partial charge on any atom is -0.460 e. The maximum atomic E-state index is 10.8. The van der Waals surface area contributed by atoms with Crippen molar-refractivity contribution < 1.29 is 19.4 Å². The molecule has 0 spiro atoms. The molecule has 5 nitrogen and oxygen atoms in total. The molecule has 0 heterocycles. The Morgan fingerprint density at radius 2 is 2.17 bits per heavy atom. The van der Waals surface area contributed by atoms with Gasteiger partial charge in [-0.05, 0) is 6.92 Å². The van der Waals surface area contributed by atoms with E-state index in [0.29, 0.717) is 0 Å². The summed E-state index contributed by atoms with van der Waals surface area (Å²) >= 11 is 0. The molecule has 5 heteroatoms. The van der Waals surface area contributed by atoms with Crippen LogP contribution in [0.1, 0.15) is 6.92 Å². The normalized spacial score (nSPS) is 11.0. The number of rotatable bonds is 4. The fourth-order valence-electron chi connectivity index (χ4n) is 0.475. The lowest BCUT2D eigenvalue weighted by Crippen LogP contribution is -2.17. The van der Waals surface area contributed by atoms with E-state index in [-0.39, 0.29) is 12.3 Å². The van der Waals surface area contributed by atoms with Crippen LogP contribution in [0.5, 0.6) is 0 Å². The van der Waals surface area contributed by atoms with Crippen LogP contribution in [0.3, 0.4) is 0 Å². The molecule has 0 aromatic carbocycles. The number of ketones is 1. The second kappa shape index (κ2) is 5.31. The van der Waals surface area contributed by atoms with E-state index in [1.165, 1.54) is 0 Å². The van der Waals surface area contributed by atoms with Gasteiger partial charge in [-0.25, -0.2) is 4.79 Å². The van der Waals surface area contributed by atoms with Crippen LogP contribution in [-0.2, 0) is 14.3 Å². The first kappa shape index (κ1) is 10.6. The van der Waals surface area contributed by atoms with Gasteiger partial charge in [0.2, 0.25) is 0 Å². The molecule has 0 bridgehead atoms. The van der Waals surface area contributed by atoms with Crippen LogP contribution >= 0.6 is 0 Å². The van der Waals surface area contributed by atoms with Crippen molar-refractivity contribution in [3.63, 3.8) is 0 Å². The fraction of sp³-hybridized carbons (Fsp3) is 0.429. The Bertz CT molecular complexity index is 209. The highest BCUT2D eigenvalue weighted by atomic mass is 16.5. The number of carbonyl (C=O) groups excluding carboxylic acids is 2. The molecule has 0 amide bonds. The van der Waals surface area contributed by atoms with Gasteiger partial charge in [0.1, 0.15) is 0 Å². The van der Waals surface area contributed by atoms with Crippen molar-refractivity contribution in [1.29, 1.82) is 0 Å². The minimum absolute atomic E-state index is 0.0620. The number of aliphatic hydroxyl groups is 1. The smallest absolute Gasteiger partial charge is 0.379 e. The summed E-state index contributed by atoms with van der Waals surface area (Å²) in [5.41, 5.74) is 5.03. The Morgan fingerprint density at radius 3 is 2.58 bits per heavy atom. The van der Waals surface area contributed by atoms with E-state index in [1.54, 1.807) is 6.92 Å². The van der Waals surface area contributed by atoms with Crippen LogP contribution in [0.4, 0.5) is 0 Å². The summed E-state index contributed by atoms with van der Waals surface area (Å²) in [5.74, 6) is -1.82. The quantitative estimate of drug-likeness (QED) is 0.322. The third kappa shape index (κ3) is 3.72. The molecule has 0 saturated heterocycles. The Morgan fingerprint density at radius 1 is 1.58 bits per heavy atom. The lowest BCUT2D eigenvalue weighted by atomic mass is 10.3. The first-order valence-corrected chi connectivity index (χ1v) is 3.39. The second-order valence-electron chi connectivity index (χ2n) is 1.96. The molecule has 0 aromatic heterocycles. The van der Waals surface area contributed by atoms with Crippen molar-refractivity contribution in [3.8, 4) is 0 Å². The number of esters is 1. The highest BCUT2D eigenvalue weighted by molar-refractivity contribution is 6.38. The summed E-state index contributed by atoms with van der Waals surface area (Å²) < 4.78 is 4.38. The summed E-state index contributed by atoms with van der Waals surface area (Å²) in [4.78, 5) is 21.4. The Hall–Kier alpha value is -1.36. The van der Waals surface area contributed by atoms with Gasteiger partial charge >= 0.3 is 5.97 Å².